The average Bonchev–Trinajstić information content (AvgIpc) is 2.67. The third-order valence-corrected chi connectivity index (χ3v) is 9.71. The first-order chi connectivity index (χ1) is 13.4. The maximum atomic E-state index is 14.1. The number of carbonyl (C=O) groups is 2. The third kappa shape index (κ3) is 4.61. The van der Waals surface area contributed by atoms with Gasteiger partial charge >= 0.3 is 0 Å². The molecule has 3 nitrogen and oxygen atoms in total. The Morgan fingerprint density at radius 2 is 1.28 bits per heavy atom. The molecule has 0 aliphatic heterocycles. The summed E-state index contributed by atoms with van der Waals surface area (Å²) in [6, 6.07) is 16.2. The lowest BCUT2D eigenvalue weighted by Crippen LogP contribution is -2.36. The number of ketones is 2. The molecule has 156 valence electrons. The van der Waals surface area contributed by atoms with E-state index in [1.165, 1.54) is 0 Å². The van der Waals surface area contributed by atoms with Gasteiger partial charge in [0.05, 0.1) is 0 Å². The fourth-order valence-corrected chi connectivity index (χ4v) is 7.04. The van der Waals surface area contributed by atoms with Crippen molar-refractivity contribution in [3.8, 4) is 0 Å². The van der Waals surface area contributed by atoms with Gasteiger partial charge in [-0.1, -0.05) is 103 Å². The van der Waals surface area contributed by atoms with E-state index in [9.17, 15) is 14.2 Å². The Labute approximate surface area is 175 Å². The molecular weight excluding hydrogens is 379 g/mol. The van der Waals surface area contributed by atoms with Crippen molar-refractivity contribution in [3.05, 3.63) is 65.7 Å². The minimum absolute atomic E-state index is 0.0825. The minimum atomic E-state index is -2.83. The van der Waals surface area contributed by atoms with Crippen LogP contribution in [0.1, 0.15) is 70.3 Å². The molecule has 29 heavy (non-hydrogen) atoms. The van der Waals surface area contributed by atoms with Crippen molar-refractivity contribution in [1.82, 2.24) is 0 Å². The topological polar surface area (TPSA) is 51.2 Å². The van der Waals surface area contributed by atoms with E-state index < -0.39 is 18.5 Å². The maximum Gasteiger partial charge on any atom is 0.177 e. The Morgan fingerprint density at radius 3 is 1.76 bits per heavy atom. The van der Waals surface area contributed by atoms with Crippen LogP contribution in [0.3, 0.4) is 0 Å². The van der Waals surface area contributed by atoms with Gasteiger partial charge in [0.15, 0.2) is 11.6 Å². The number of carbonyl (C=O) groups excluding carboxylic acids is 2. The van der Waals surface area contributed by atoms with Gasteiger partial charge in [0, 0.05) is 27.6 Å². The van der Waals surface area contributed by atoms with Crippen molar-refractivity contribution in [2.45, 2.75) is 65.7 Å². The molecule has 0 fully saturated rings. The number of Topliss-reactive ketones (excluding diaryl/α,β-unsaturated/α-hetero) is 2. The van der Waals surface area contributed by atoms with Crippen molar-refractivity contribution < 1.29 is 14.2 Å². The highest BCUT2D eigenvalue weighted by Gasteiger charge is 2.41. The molecule has 1 unspecified atom stereocenters. The molecule has 0 aliphatic carbocycles. The highest BCUT2D eigenvalue weighted by Crippen LogP contribution is 2.55. The molecule has 0 N–H and O–H groups in total. The van der Waals surface area contributed by atoms with Crippen LogP contribution in [-0.4, -0.2) is 22.9 Å². The van der Waals surface area contributed by atoms with E-state index >= 15 is 0 Å². The molecule has 4 heteroatoms. The fraction of sp³-hybridized carbons (Fsp3) is 0.440. The second-order valence-corrected chi connectivity index (χ2v) is 13.2. The molecule has 0 saturated heterocycles. The van der Waals surface area contributed by atoms with Crippen LogP contribution >= 0.6 is 7.14 Å². The molecule has 0 radical (unpaired) electrons. The Kier molecular flexibility index (Phi) is 7.06. The van der Waals surface area contributed by atoms with Crippen LogP contribution in [0.25, 0.3) is 0 Å². The van der Waals surface area contributed by atoms with Crippen molar-refractivity contribution in [2.75, 3.05) is 0 Å². The van der Waals surface area contributed by atoms with E-state index in [0.29, 0.717) is 16.4 Å². The zero-order valence-corrected chi connectivity index (χ0v) is 19.5. The summed E-state index contributed by atoms with van der Waals surface area (Å²) in [5.74, 6) is -1.37. The van der Waals surface area contributed by atoms with Crippen LogP contribution in [0, 0.1) is 5.41 Å². The summed E-state index contributed by atoms with van der Waals surface area (Å²) in [6.07, 6.45) is 0. The van der Waals surface area contributed by atoms with E-state index in [2.05, 4.69) is 0 Å². The van der Waals surface area contributed by atoms with Crippen molar-refractivity contribution >= 4 is 24.0 Å². The molecule has 2 rings (SSSR count). The minimum Gasteiger partial charge on any atom is -0.318 e. The van der Waals surface area contributed by atoms with Crippen LogP contribution in [0.15, 0.2) is 54.6 Å². The highest BCUT2D eigenvalue weighted by molar-refractivity contribution is 7.72. The standard InChI is InChI=1S/C25H33O3P/c1-17(2)29(28,18(3)4)21-16-12-11-15-20(21)22(24(27)25(5,6)7)23(26)19-13-9-8-10-14-19/h8-18,22H,1-7H3. The third-order valence-electron chi connectivity index (χ3n) is 5.48. The van der Waals surface area contributed by atoms with Crippen LogP contribution in [0.2, 0.25) is 0 Å². The molecule has 0 spiro atoms. The van der Waals surface area contributed by atoms with E-state index in [4.69, 9.17) is 0 Å². The summed E-state index contributed by atoms with van der Waals surface area (Å²) in [4.78, 5) is 27.0. The molecule has 0 aliphatic rings. The van der Waals surface area contributed by atoms with Crippen LogP contribution < -0.4 is 5.30 Å². The largest absolute Gasteiger partial charge is 0.318 e. The van der Waals surface area contributed by atoms with Crippen molar-refractivity contribution in [2.24, 2.45) is 5.41 Å². The number of hydrogen-bond acceptors (Lipinski definition) is 3. The number of rotatable bonds is 7. The van der Waals surface area contributed by atoms with Crippen LogP contribution in [-0.2, 0) is 9.36 Å². The van der Waals surface area contributed by atoms with E-state index in [0.717, 1.165) is 0 Å². The molecule has 0 aromatic heterocycles. The van der Waals surface area contributed by atoms with E-state index in [1.54, 1.807) is 24.3 Å². The first kappa shape index (κ1) is 23.3. The first-order valence-electron chi connectivity index (χ1n) is 10.2. The van der Waals surface area contributed by atoms with Crippen LogP contribution in [0.4, 0.5) is 0 Å². The second kappa shape index (κ2) is 8.79. The summed E-state index contributed by atoms with van der Waals surface area (Å²) >= 11 is 0. The Bertz CT molecular complexity index is 909. The lowest BCUT2D eigenvalue weighted by atomic mass is 9.76. The van der Waals surface area contributed by atoms with Gasteiger partial charge in [-0.15, -0.1) is 0 Å². The Balaban J connectivity index is 2.79. The molecule has 2 aromatic carbocycles. The predicted molar refractivity (Wildman–Crippen MR) is 122 cm³/mol. The van der Waals surface area contributed by atoms with E-state index in [-0.39, 0.29) is 22.9 Å². The van der Waals surface area contributed by atoms with Crippen LogP contribution in [0.5, 0.6) is 0 Å². The average molecular weight is 413 g/mol. The lowest BCUT2D eigenvalue weighted by molar-refractivity contribution is -0.126. The quantitative estimate of drug-likeness (QED) is 0.315. The van der Waals surface area contributed by atoms with Gasteiger partial charge in [0.25, 0.3) is 0 Å². The predicted octanol–water partition coefficient (Wildman–Crippen LogP) is 6.07. The first-order valence-corrected chi connectivity index (χ1v) is 12.1. The molecule has 0 bridgehead atoms. The molecular formula is C25H33O3P. The maximum absolute atomic E-state index is 14.1. The SMILES string of the molecule is CC(C)P(=O)(c1ccccc1C(C(=O)c1ccccc1)C(=O)C(C)(C)C)C(C)C. The highest BCUT2D eigenvalue weighted by atomic mass is 31.2. The summed E-state index contributed by atoms with van der Waals surface area (Å²) in [7, 11) is -2.83. The van der Waals surface area contributed by atoms with Gasteiger partial charge in [-0.25, -0.2) is 0 Å². The van der Waals surface area contributed by atoms with Gasteiger partial charge in [-0.3, -0.25) is 9.59 Å². The zero-order valence-electron chi connectivity index (χ0n) is 18.6. The number of benzene rings is 2. The van der Waals surface area contributed by atoms with Crippen molar-refractivity contribution in [1.29, 1.82) is 0 Å². The molecule has 0 saturated carbocycles. The molecule has 0 heterocycles. The summed E-state index contributed by atoms with van der Waals surface area (Å²) in [5, 5.41) is 0.664. The molecule has 0 amide bonds. The van der Waals surface area contributed by atoms with E-state index in [1.807, 2.05) is 78.8 Å². The molecule has 2 aromatic rings. The van der Waals surface area contributed by atoms with Gasteiger partial charge in [-0.05, 0) is 5.56 Å². The second-order valence-electron chi connectivity index (χ2n) is 9.23. The number of hydrogen-bond donors (Lipinski definition) is 0. The summed E-state index contributed by atoms with van der Waals surface area (Å²) < 4.78 is 14.1. The van der Waals surface area contributed by atoms with Gasteiger partial charge in [0.1, 0.15) is 13.1 Å². The van der Waals surface area contributed by atoms with Gasteiger partial charge in [0.2, 0.25) is 0 Å². The smallest absolute Gasteiger partial charge is 0.177 e. The molecule has 1 atom stereocenters. The fourth-order valence-electron chi connectivity index (χ4n) is 3.81. The summed E-state index contributed by atoms with van der Waals surface area (Å²) in [6.45, 7) is 13.3. The Hall–Kier alpha value is -1.99. The Morgan fingerprint density at radius 1 is 0.793 bits per heavy atom. The lowest BCUT2D eigenvalue weighted by Gasteiger charge is -2.32. The van der Waals surface area contributed by atoms with Gasteiger partial charge in [-0.2, -0.15) is 0 Å². The zero-order chi connectivity index (χ0) is 22.0. The van der Waals surface area contributed by atoms with Gasteiger partial charge < -0.3 is 4.57 Å². The normalized spacial score (nSPS) is 13.6. The van der Waals surface area contributed by atoms with Crippen molar-refractivity contribution in [3.63, 3.8) is 0 Å². The summed E-state index contributed by atoms with van der Waals surface area (Å²) in [5.41, 5.74) is 0.213. The monoisotopic (exact) mass is 412 g/mol.